The fourth-order valence-corrected chi connectivity index (χ4v) is 8.53. The second kappa shape index (κ2) is 8.87. The molecule has 0 saturated heterocycles. The van der Waals surface area contributed by atoms with Crippen LogP contribution in [0.2, 0.25) is 0 Å². The summed E-state index contributed by atoms with van der Waals surface area (Å²) in [5.74, 6) is 0. The Labute approximate surface area is 173 Å². The molecule has 0 spiro atoms. The molecule has 0 amide bonds. The highest BCUT2D eigenvalue weighted by molar-refractivity contribution is 7.95. The third kappa shape index (κ3) is 3.86. The lowest BCUT2D eigenvalue weighted by Crippen LogP contribution is -2.34. The average Bonchev–Trinajstić information content (AvgIpc) is 2.80. The fourth-order valence-electron chi connectivity index (χ4n) is 4.04. The van der Waals surface area contributed by atoms with E-state index in [1.54, 1.807) is 0 Å². The van der Waals surface area contributed by atoms with Crippen LogP contribution in [-0.2, 0) is 12.6 Å². The van der Waals surface area contributed by atoms with Crippen LogP contribution in [0.1, 0.15) is 11.1 Å². The predicted octanol–water partition coefficient (Wildman–Crippen LogP) is 5.25. The van der Waals surface area contributed by atoms with Gasteiger partial charge in [-0.2, -0.15) is 5.26 Å². The van der Waals surface area contributed by atoms with Crippen LogP contribution in [0, 0.1) is 11.3 Å². The number of nitriles is 1. The summed E-state index contributed by atoms with van der Waals surface area (Å²) in [6, 6.07) is 43.3. The number of hydrogen-bond donors (Lipinski definition) is 0. The van der Waals surface area contributed by atoms with Crippen molar-refractivity contribution in [1.82, 2.24) is 0 Å². The Hall–Kier alpha value is -3.20. The molecule has 0 aromatic heterocycles. The minimum Gasteiger partial charge on any atom is -0.198 e. The maximum atomic E-state index is 9.50. The van der Waals surface area contributed by atoms with Crippen molar-refractivity contribution in [2.45, 2.75) is 12.6 Å². The molecule has 2 heteroatoms. The van der Waals surface area contributed by atoms with Crippen molar-refractivity contribution in [3.63, 3.8) is 0 Å². The van der Waals surface area contributed by atoms with Crippen LogP contribution in [-0.4, -0.2) is 0 Å². The Bertz CT molecular complexity index is 1060. The summed E-state index contributed by atoms with van der Waals surface area (Å²) < 4.78 is 0. The van der Waals surface area contributed by atoms with Crippen LogP contribution < -0.4 is 15.9 Å². The summed E-state index contributed by atoms with van der Waals surface area (Å²) in [4.78, 5) is 0. The molecule has 4 aromatic carbocycles. The normalized spacial score (nSPS) is 11.0. The highest BCUT2D eigenvalue weighted by Crippen LogP contribution is 2.58. The summed E-state index contributed by atoms with van der Waals surface area (Å²) in [6.07, 6.45) is 1.36. The lowest BCUT2D eigenvalue weighted by atomic mass is 10.2. The van der Waals surface area contributed by atoms with Gasteiger partial charge in [-0.25, -0.2) is 0 Å². The second-order valence-electron chi connectivity index (χ2n) is 7.09. The zero-order valence-electron chi connectivity index (χ0n) is 16.3. The van der Waals surface area contributed by atoms with Gasteiger partial charge in [0.1, 0.15) is 23.2 Å². The quantitative estimate of drug-likeness (QED) is 0.411. The van der Waals surface area contributed by atoms with Crippen LogP contribution in [0.25, 0.3) is 0 Å². The fraction of sp³-hybridized carbons (Fsp3) is 0.0741. The van der Waals surface area contributed by atoms with Gasteiger partial charge in [0.05, 0.1) is 18.7 Å². The molecule has 0 aliphatic rings. The minimum atomic E-state index is -1.99. The Kier molecular flexibility index (Phi) is 5.85. The van der Waals surface area contributed by atoms with Crippen LogP contribution in [0.4, 0.5) is 0 Å². The van der Waals surface area contributed by atoms with Gasteiger partial charge in [0.2, 0.25) is 0 Å². The largest absolute Gasteiger partial charge is 0.198 e. The van der Waals surface area contributed by atoms with Crippen molar-refractivity contribution in [2.75, 3.05) is 0 Å². The first kappa shape index (κ1) is 19.1. The standard InChI is InChI=1S/C27H23NP/c28-21-20-24-14-10-11-19-27(24)29(25-15-6-2-7-16-25,26-17-8-3-9-18-26)22-23-12-4-1-5-13-23/h1-19H,20,22H2/q+1. The molecule has 4 rings (SSSR count). The maximum Gasteiger partial charge on any atom is 0.116 e. The van der Waals surface area contributed by atoms with Crippen LogP contribution in [0.15, 0.2) is 115 Å². The van der Waals surface area contributed by atoms with E-state index in [4.69, 9.17) is 0 Å². The van der Waals surface area contributed by atoms with Gasteiger partial charge in [0.25, 0.3) is 0 Å². The summed E-state index contributed by atoms with van der Waals surface area (Å²) in [6.45, 7) is 0. The van der Waals surface area contributed by atoms with Crippen molar-refractivity contribution in [1.29, 1.82) is 5.26 Å². The second-order valence-corrected chi connectivity index (χ2v) is 10.5. The van der Waals surface area contributed by atoms with Crippen molar-refractivity contribution in [2.24, 2.45) is 0 Å². The number of nitrogens with zero attached hydrogens (tertiary/aromatic N) is 1. The number of hydrogen-bond acceptors (Lipinski definition) is 1. The van der Waals surface area contributed by atoms with Gasteiger partial charge < -0.3 is 0 Å². The molecule has 0 unspecified atom stereocenters. The van der Waals surface area contributed by atoms with Gasteiger partial charge in [-0.05, 0) is 35.9 Å². The Balaban J connectivity index is 2.06. The minimum absolute atomic E-state index is 0.423. The molecule has 140 valence electrons. The van der Waals surface area contributed by atoms with Crippen molar-refractivity contribution >= 4 is 23.2 Å². The van der Waals surface area contributed by atoms with E-state index in [9.17, 15) is 5.26 Å². The molecule has 0 aliphatic heterocycles. The molecule has 0 saturated carbocycles. The SMILES string of the molecule is N#CCc1ccccc1[P+](Cc1ccccc1)(c1ccccc1)c1ccccc1. The summed E-state index contributed by atoms with van der Waals surface area (Å²) >= 11 is 0. The van der Waals surface area contributed by atoms with Crippen molar-refractivity contribution in [3.05, 3.63) is 126 Å². The lowest BCUT2D eigenvalue weighted by molar-refractivity contribution is 1.28. The zero-order valence-corrected chi connectivity index (χ0v) is 17.2. The lowest BCUT2D eigenvalue weighted by Gasteiger charge is -2.29. The highest BCUT2D eigenvalue weighted by atomic mass is 31.2. The molecule has 0 radical (unpaired) electrons. The summed E-state index contributed by atoms with van der Waals surface area (Å²) in [5, 5.41) is 13.5. The molecule has 4 aromatic rings. The van der Waals surface area contributed by atoms with Gasteiger partial charge in [-0.15, -0.1) is 0 Å². The molecule has 1 nitrogen and oxygen atoms in total. The third-order valence-electron chi connectivity index (χ3n) is 5.33. The monoisotopic (exact) mass is 392 g/mol. The topological polar surface area (TPSA) is 23.8 Å². The summed E-state index contributed by atoms with van der Waals surface area (Å²) in [7, 11) is -1.99. The molecule has 29 heavy (non-hydrogen) atoms. The van der Waals surface area contributed by atoms with E-state index in [-0.39, 0.29) is 0 Å². The summed E-state index contributed by atoms with van der Waals surface area (Å²) in [5.41, 5.74) is 2.45. The first-order valence-corrected chi connectivity index (χ1v) is 11.8. The predicted molar refractivity (Wildman–Crippen MR) is 125 cm³/mol. The molecular formula is C27H23NP+. The third-order valence-corrected chi connectivity index (χ3v) is 9.79. The first-order valence-electron chi connectivity index (χ1n) is 9.83. The van der Waals surface area contributed by atoms with Crippen LogP contribution >= 0.6 is 7.26 Å². The van der Waals surface area contributed by atoms with Gasteiger partial charge in [-0.3, -0.25) is 0 Å². The van der Waals surface area contributed by atoms with Crippen molar-refractivity contribution < 1.29 is 0 Å². The Morgan fingerprint density at radius 2 is 1.07 bits per heavy atom. The molecule has 0 atom stereocenters. The van der Waals surface area contributed by atoms with Gasteiger partial charge in [0, 0.05) is 5.56 Å². The Morgan fingerprint density at radius 1 is 0.586 bits per heavy atom. The van der Waals surface area contributed by atoms with E-state index >= 15 is 0 Å². The van der Waals surface area contributed by atoms with E-state index < -0.39 is 7.26 Å². The average molecular weight is 392 g/mol. The molecule has 0 bridgehead atoms. The van der Waals surface area contributed by atoms with Crippen LogP contribution in [0.5, 0.6) is 0 Å². The van der Waals surface area contributed by atoms with E-state index in [0.717, 1.165) is 11.7 Å². The Morgan fingerprint density at radius 3 is 1.62 bits per heavy atom. The molecule has 0 N–H and O–H groups in total. The molecular weight excluding hydrogens is 369 g/mol. The highest BCUT2D eigenvalue weighted by Gasteiger charge is 2.46. The molecule has 0 fully saturated rings. The smallest absolute Gasteiger partial charge is 0.116 e. The number of benzene rings is 4. The number of rotatable bonds is 6. The zero-order chi connectivity index (χ0) is 19.9. The first-order chi connectivity index (χ1) is 14.3. The molecule has 0 heterocycles. The van der Waals surface area contributed by atoms with Gasteiger partial charge in [0.15, 0.2) is 0 Å². The van der Waals surface area contributed by atoms with Gasteiger partial charge >= 0.3 is 0 Å². The molecule has 0 aliphatic carbocycles. The van der Waals surface area contributed by atoms with E-state index in [0.29, 0.717) is 6.42 Å². The van der Waals surface area contributed by atoms with E-state index in [2.05, 4.69) is 115 Å². The maximum absolute atomic E-state index is 9.50. The van der Waals surface area contributed by atoms with Crippen molar-refractivity contribution in [3.8, 4) is 6.07 Å². The van der Waals surface area contributed by atoms with E-state index in [1.165, 1.54) is 21.5 Å². The van der Waals surface area contributed by atoms with Crippen LogP contribution in [0.3, 0.4) is 0 Å². The van der Waals surface area contributed by atoms with E-state index in [1.807, 2.05) is 6.07 Å². The van der Waals surface area contributed by atoms with Gasteiger partial charge in [-0.1, -0.05) is 84.9 Å².